The lowest BCUT2D eigenvalue weighted by atomic mass is 10.0. The summed E-state index contributed by atoms with van der Waals surface area (Å²) in [4.78, 5) is 22.1. The first-order valence-electron chi connectivity index (χ1n) is 4.51. The molecule has 5 nitrogen and oxygen atoms in total. The van der Waals surface area contributed by atoms with Crippen molar-refractivity contribution in [3.63, 3.8) is 0 Å². The van der Waals surface area contributed by atoms with Crippen LogP contribution in [0.3, 0.4) is 0 Å². The van der Waals surface area contributed by atoms with E-state index in [1.807, 2.05) is 0 Å². The van der Waals surface area contributed by atoms with Crippen LogP contribution in [0.15, 0.2) is 0 Å². The monoisotopic (exact) mass is 202 g/mol. The second-order valence-electron chi connectivity index (χ2n) is 3.88. The van der Waals surface area contributed by atoms with Gasteiger partial charge >= 0.3 is 5.97 Å². The second kappa shape index (κ2) is 4.95. The molecule has 1 atom stereocenters. The number of carboxylic acid groups (broad SMARTS) is 1. The van der Waals surface area contributed by atoms with Crippen molar-refractivity contribution in [2.45, 2.75) is 26.3 Å². The molecule has 0 aromatic carbocycles. The van der Waals surface area contributed by atoms with E-state index in [0.717, 1.165) is 0 Å². The zero-order valence-corrected chi connectivity index (χ0v) is 9.05. The molecule has 3 N–H and O–H groups in total. The minimum absolute atomic E-state index is 0.237. The van der Waals surface area contributed by atoms with Crippen molar-refractivity contribution in [2.24, 2.45) is 5.92 Å². The van der Waals surface area contributed by atoms with Crippen LogP contribution >= 0.6 is 0 Å². The quantitative estimate of drug-likeness (QED) is 0.578. The van der Waals surface area contributed by atoms with Gasteiger partial charge in [-0.05, 0) is 20.9 Å². The Bertz CT molecular complexity index is 226. The predicted octanol–water partition coefficient (Wildman–Crippen LogP) is -0.179. The minimum atomic E-state index is -1.21. The Balaban J connectivity index is 4.24. The third-order valence-electron chi connectivity index (χ3n) is 1.93. The first kappa shape index (κ1) is 12.9. The van der Waals surface area contributed by atoms with Crippen molar-refractivity contribution < 1.29 is 14.7 Å². The Morgan fingerprint density at radius 3 is 2.29 bits per heavy atom. The van der Waals surface area contributed by atoms with Crippen LogP contribution in [0, 0.1) is 5.92 Å². The van der Waals surface area contributed by atoms with Crippen molar-refractivity contribution in [3.05, 3.63) is 0 Å². The molecule has 0 rings (SSSR count). The van der Waals surface area contributed by atoms with Gasteiger partial charge in [0.15, 0.2) is 0 Å². The average molecular weight is 202 g/mol. The topological polar surface area (TPSA) is 78.4 Å². The molecule has 82 valence electrons. The average Bonchev–Trinajstić information content (AvgIpc) is 2.03. The lowest BCUT2D eigenvalue weighted by molar-refractivity contribution is -0.146. The Kier molecular flexibility index (Phi) is 4.56. The Hall–Kier alpha value is -1.10. The highest BCUT2D eigenvalue weighted by Crippen LogP contribution is 2.04. The van der Waals surface area contributed by atoms with E-state index >= 15 is 0 Å². The summed E-state index contributed by atoms with van der Waals surface area (Å²) < 4.78 is 0. The van der Waals surface area contributed by atoms with Crippen LogP contribution in [0.25, 0.3) is 0 Å². The normalized spacial score (nSPS) is 13.4. The standard InChI is InChI=1S/C9H18N2O3/c1-6(5-10-4)7(12)11-9(2,3)8(13)14/h6,10H,5H2,1-4H3,(H,11,12)(H,13,14). The molecular weight excluding hydrogens is 184 g/mol. The molecule has 1 amide bonds. The number of aliphatic carboxylic acids is 1. The summed E-state index contributed by atoms with van der Waals surface area (Å²) >= 11 is 0. The van der Waals surface area contributed by atoms with E-state index in [9.17, 15) is 9.59 Å². The number of hydrogen-bond donors (Lipinski definition) is 3. The number of carbonyl (C=O) groups is 2. The highest BCUT2D eigenvalue weighted by atomic mass is 16.4. The molecule has 0 saturated carbocycles. The zero-order chi connectivity index (χ0) is 11.4. The molecular formula is C9H18N2O3. The molecule has 0 heterocycles. The summed E-state index contributed by atoms with van der Waals surface area (Å²) in [5.41, 5.74) is -1.21. The fourth-order valence-corrected chi connectivity index (χ4v) is 0.884. The van der Waals surface area contributed by atoms with Crippen molar-refractivity contribution >= 4 is 11.9 Å². The molecule has 0 bridgehead atoms. The van der Waals surface area contributed by atoms with Crippen LogP contribution < -0.4 is 10.6 Å². The van der Waals surface area contributed by atoms with Crippen LogP contribution in [0.4, 0.5) is 0 Å². The van der Waals surface area contributed by atoms with Crippen molar-refractivity contribution in [2.75, 3.05) is 13.6 Å². The van der Waals surface area contributed by atoms with E-state index < -0.39 is 11.5 Å². The SMILES string of the molecule is CNCC(C)C(=O)NC(C)(C)C(=O)O. The third kappa shape index (κ3) is 3.74. The van der Waals surface area contributed by atoms with Crippen molar-refractivity contribution in [1.82, 2.24) is 10.6 Å². The molecule has 0 saturated heterocycles. The van der Waals surface area contributed by atoms with E-state index in [2.05, 4.69) is 10.6 Å². The van der Waals surface area contributed by atoms with Crippen LogP contribution in [-0.2, 0) is 9.59 Å². The summed E-state index contributed by atoms with van der Waals surface area (Å²) in [6, 6.07) is 0. The van der Waals surface area contributed by atoms with Crippen molar-refractivity contribution in [1.29, 1.82) is 0 Å². The van der Waals surface area contributed by atoms with Crippen LogP contribution in [0.1, 0.15) is 20.8 Å². The second-order valence-corrected chi connectivity index (χ2v) is 3.88. The third-order valence-corrected chi connectivity index (χ3v) is 1.93. The van der Waals surface area contributed by atoms with Crippen LogP contribution in [0.2, 0.25) is 0 Å². The van der Waals surface area contributed by atoms with E-state index in [4.69, 9.17) is 5.11 Å². The Labute approximate surface area is 83.9 Å². The lowest BCUT2D eigenvalue weighted by Gasteiger charge is -2.23. The number of nitrogens with one attached hydrogen (secondary N) is 2. The Morgan fingerprint density at radius 2 is 1.93 bits per heavy atom. The molecule has 14 heavy (non-hydrogen) atoms. The minimum Gasteiger partial charge on any atom is -0.480 e. The first-order chi connectivity index (χ1) is 6.31. The van der Waals surface area contributed by atoms with Gasteiger partial charge in [0.25, 0.3) is 0 Å². The molecule has 0 radical (unpaired) electrons. The zero-order valence-electron chi connectivity index (χ0n) is 9.05. The first-order valence-corrected chi connectivity index (χ1v) is 4.51. The van der Waals surface area contributed by atoms with E-state index in [1.54, 1.807) is 14.0 Å². The highest BCUT2D eigenvalue weighted by Gasteiger charge is 2.30. The smallest absolute Gasteiger partial charge is 0.328 e. The molecule has 0 aliphatic heterocycles. The number of amides is 1. The van der Waals surface area contributed by atoms with Gasteiger partial charge in [0.1, 0.15) is 5.54 Å². The van der Waals surface area contributed by atoms with Crippen LogP contribution in [0.5, 0.6) is 0 Å². The number of carbonyl (C=O) groups excluding carboxylic acids is 1. The molecule has 0 spiro atoms. The molecule has 0 aliphatic rings. The van der Waals surface area contributed by atoms with E-state index in [1.165, 1.54) is 13.8 Å². The van der Waals surface area contributed by atoms with Gasteiger partial charge in [-0.1, -0.05) is 6.92 Å². The van der Waals surface area contributed by atoms with Gasteiger partial charge in [0.05, 0.1) is 0 Å². The maximum atomic E-state index is 11.4. The molecule has 0 aromatic rings. The predicted molar refractivity (Wildman–Crippen MR) is 52.9 cm³/mol. The fraction of sp³-hybridized carbons (Fsp3) is 0.778. The summed E-state index contributed by atoms with van der Waals surface area (Å²) in [5, 5.41) is 14.1. The van der Waals surface area contributed by atoms with E-state index in [-0.39, 0.29) is 11.8 Å². The Morgan fingerprint density at radius 1 is 1.43 bits per heavy atom. The summed E-state index contributed by atoms with van der Waals surface area (Å²) in [7, 11) is 1.74. The van der Waals surface area contributed by atoms with Gasteiger partial charge in [-0.2, -0.15) is 0 Å². The number of carboxylic acids is 1. The number of hydrogen-bond acceptors (Lipinski definition) is 3. The fourth-order valence-electron chi connectivity index (χ4n) is 0.884. The maximum Gasteiger partial charge on any atom is 0.328 e. The summed E-state index contributed by atoms with van der Waals surface area (Å²) in [5.74, 6) is -1.53. The number of rotatable bonds is 5. The maximum absolute atomic E-state index is 11.4. The molecule has 1 unspecified atom stereocenters. The molecule has 5 heteroatoms. The molecule has 0 aliphatic carbocycles. The molecule has 0 aromatic heterocycles. The summed E-state index contributed by atoms with van der Waals surface area (Å²) in [6.45, 7) is 5.18. The summed E-state index contributed by atoms with van der Waals surface area (Å²) in [6.07, 6.45) is 0. The van der Waals surface area contributed by atoms with Gasteiger partial charge in [-0.3, -0.25) is 4.79 Å². The van der Waals surface area contributed by atoms with E-state index in [0.29, 0.717) is 6.54 Å². The van der Waals surface area contributed by atoms with Gasteiger partial charge in [-0.25, -0.2) is 4.79 Å². The lowest BCUT2D eigenvalue weighted by Crippen LogP contribution is -2.52. The largest absolute Gasteiger partial charge is 0.480 e. The van der Waals surface area contributed by atoms with Crippen molar-refractivity contribution in [3.8, 4) is 0 Å². The van der Waals surface area contributed by atoms with Gasteiger partial charge in [0.2, 0.25) is 5.91 Å². The van der Waals surface area contributed by atoms with Gasteiger partial charge < -0.3 is 15.7 Å². The van der Waals surface area contributed by atoms with Gasteiger partial charge in [0, 0.05) is 12.5 Å². The highest BCUT2D eigenvalue weighted by molar-refractivity contribution is 5.87. The van der Waals surface area contributed by atoms with Gasteiger partial charge in [-0.15, -0.1) is 0 Å². The van der Waals surface area contributed by atoms with Crippen LogP contribution in [-0.4, -0.2) is 36.1 Å². The molecule has 0 fully saturated rings.